The van der Waals surface area contributed by atoms with E-state index in [1.54, 1.807) is 6.33 Å². The van der Waals surface area contributed by atoms with Gasteiger partial charge in [-0.05, 0) is 56.0 Å². The van der Waals surface area contributed by atoms with Gasteiger partial charge in [0.25, 0.3) is 0 Å². The van der Waals surface area contributed by atoms with Gasteiger partial charge in [0.2, 0.25) is 0 Å². The molecule has 2 fully saturated rings. The molecule has 0 amide bonds. The average molecular weight is 309 g/mol. The highest BCUT2D eigenvalue weighted by atomic mass is 15.2. The van der Waals surface area contributed by atoms with Gasteiger partial charge in [0.1, 0.15) is 0 Å². The second kappa shape index (κ2) is 6.88. The van der Waals surface area contributed by atoms with E-state index >= 15 is 0 Å². The van der Waals surface area contributed by atoms with Gasteiger partial charge in [0.15, 0.2) is 0 Å². The first-order valence-corrected chi connectivity index (χ1v) is 9.14. The molecule has 1 N–H and O–H groups in total. The minimum Gasteiger partial charge on any atom is -0.348 e. The van der Waals surface area contributed by atoms with Gasteiger partial charge in [-0.2, -0.15) is 0 Å². The Bertz CT molecular complexity index is 593. The summed E-state index contributed by atoms with van der Waals surface area (Å²) in [5.41, 5.74) is 2.79. The molecule has 3 atom stereocenters. The number of fused-ring (bicyclic) bond motifs is 1. The van der Waals surface area contributed by atoms with Gasteiger partial charge in [-0.15, -0.1) is 0 Å². The topological polar surface area (TPSA) is 31.9 Å². The minimum absolute atomic E-state index is 0.838. The van der Waals surface area contributed by atoms with E-state index in [1.165, 1.54) is 56.5 Å². The van der Waals surface area contributed by atoms with E-state index in [9.17, 15) is 0 Å². The van der Waals surface area contributed by atoms with Gasteiger partial charge in [-0.25, -0.2) is 4.98 Å². The molecule has 1 unspecified atom stereocenters. The maximum Gasteiger partial charge on any atom is 0.0921 e. The minimum atomic E-state index is 0.838. The van der Waals surface area contributed by atoms with Crippen LogP contribution in [-0.2, 0) is 12.8 Å². The van der Waals surface area contributed by atoms with Crippen molar-refractivity contribution in [1.29, 1.82) is 0 Å². The molecule has 0 radical (unpaired) electrons. The molecule has 122 valence electrons. The fourth-order valence-corrected chi connectivity index (χ4v) is 4.73. The molecule has 4 rings (SSSR count). The second-order valence-corrected chi connectivity index (χ2v) is 7.35. The van der Waals surface area contributed by atoms with Crippen molar-refractivity contribution in [2.45, 2.75) is 44.6 Å². The third-order valence-corrected chi connectivity index (χ3v) is 5.90. The van der Waals surface area contributed by atoms with E-state index < -0.39 is 0 Å². The van der Waals surface area contributed by atoms with E-state index in [-0.39, 0.29) is 0 Å². The summed E-state index contributed by atoms with van der Waals surface area (Å²) in [7, 11) is 0. The highest BCUT2D eigenvalue weighted by molar-refractivity contribution is 5.15. The third-order valence-electron chi connectivity index (χ3n) is 5.90. The van der Waals surface area contributed by atoms with Gasteiger partial charge in [0, 0.05) is 30.9 Å². The van der Waals surface area contributed by atoms with Crippen molar-refractivity contribution in [2.75, 3.05) is 13.1 Å². The van der Waals surface area contributed by atoms with Crippen molar-refractivity contribution in [3.8, 4) is 0 Å². The summed E-state index contributed by atoms with van der Waals surface area (Å²) < 4.78 is 0. The summed E-state index contributed by atoms with van der Waals surface area (Å²) in [6.45, 7) is 2.48. The quantitative estimate of drug-likeness (QED) is 0.913. The van der Waals surface area contributed by atoms with Crippen molar-refractivity contribution < 1.29 is 0 Å². The molecule has 1 saturated heterocycles. The lowest BCUT2D eigenvalue weighted by atomic mass is 9.76. The van der Waals surface area contributed by atoms with Gasteiger partial charge in [-0.1, -0.05) is 30.3 Å². The van der Waals surface area contributed by atoms with Crippen molar-refractivity contribution in [3.05, 3.63) is 54.1 Å². The molecular weight excluding hydrogens is 282 g/mol. The smallest absolute Gasteiger partial charge is 0.0921 e. The van der Waals surface area contributed by atoms with Crippen LogP contribution >= 0.6 is 0 Å². The Morgan fingerprint density at radius 3 is 2.87 bits per heavy atom. The van der Waals surface area contributed by atoms with E-state index in [1.807, 2.05) is 6.20 Å². The molecule has 2 aromatic rings. The lowest BCUT2D eigenvalue weighted by Crippen LogP contribution is -2.38. The molecule has 1 aliphatic carbocycles. The Morgan fingerprint density at radius 1 is 1.13 bits per heavy atom. The maximum atomic E-state index is 4.12. The Kier molecular flexibility index (Phi) is 4.47. The first kappa shape index (κ1) is 14.9. The molecule has 3 nitrogen and oxygen atoms in total. The molecule has 1 saturated carbocycles. The highest BCUT2D eigenvalue weighted by Gasteiger charge is 2.38. The van der Waals surface area contributed by atoms with Crippen molar-refractivity contribution in [1.82, 2.24) is 14.9 Å². The fraction of sp³-hybridized carbons (Fsp3) is 0.550. The largest absolute Gasteiger partial charge is 0.348 e. The summed E-state index contributed by atoms with van der Waals surface area (Å²) in [4.78, 5) is 10.1. The van der Waals surface area contributed by atoms with E-state index in [2.05, 4.69) is 45.2 Å². The Balaban J connectivity index is 1.30. The Labute approximate surface area is 139 Å². The number of hydrogen-bond donors (Lipinski definition) is 1. The van der Waals surface area contributed by atoms with Gasteiger partial charge in [-0.3, -0.25) is 4.90 Å². The van der Waals surface area contributed by atoms with Crippen LogP contribution in [-0.4, -0.2) is 34.0 Å². The molecule has 1 aromatic heterocycles. The normalized spacial score (nSPS) is 27.9. The lowest BCUT2D eigenvalue weighted by Gasteiger charge is -2.36. The number of H-pyrrole nitrogens is 1. The molecular formula is C20H27N3. The zero-order valence-electron chi connectivity index (χ0n) is 13.8. The standard InChI is InChI=1S/C20H27N3/c1-2-4-16(5-3-1)12-17-6-7-20-18(13-17)8-10-23(20)11-9-19-14-21-15-22-19/h1-5,14-15,17-18,20H,6-13H2,(H,21,22)/t17?,18-,20+/m1/s1. The molecule has 2 heterocycles. The van der Waals surface area contributed by atoms with Crippen LogP contribution in [0, 0.1) is 11.8 Å². The molecule has 23 heavy (non-hydrogen) atoms. The number of aromatic amines is 1. The van der Waals surface area contributed by atoms with E-state index in [4.69, 9.17) is 0 Å². The Morgan fingerprint density at radius 2 is 2.04 bits per heavy atom. The van der Waals surface area contributed by atoms with Crippen LogP contribution in [0.15, 0.2) is 42.9 Å². The summed E-state index contributed by atoms with van der Waals surface area (Å²) in [5, 5.41) is 0. The van der Waals surface area contributed by atoms with Crippen LogP contribution < -0.4 is 0 Å². The van der Waals surface area contributed by atoms with Crippen LogP contribution in [0.1, 0.15) is 36.9 Å². The first-order chi connectivity index (χ1) is 11.4. The van der Waals surface area contributed by atoms with E-state index in [0.717, 1.165) is 24.3 Å². The number of benzene rings is 1. The SMILES string of the molecule is c1ccc(CC2CC[C@H]3[C@H](CCN3CCc3cnc[nH]3)C2)cc1. The van der Waals surface area contributed by atoms with Crippen LogP contribution in [0.2, 0.25) is 0 Å². The molecule has 3 heteroatoms. The zero-order valence-corrected chi connectivity index (χ0v) is 13.8. The number of aromatic nitrogens is 2. The third kappa shape index (κ3) is 3.50. The summed E-state index contributed by atoms with van der Waals surface area (Å²) in [5.74, 6) is 1.82. The fourth-order valence-electron chi connectivity index (χ4n) is 4.73. The molecule has 1 aromatic carbocycles. The predicted octanol–water partition coefficient (Wildman–Crippen LogP) is 3.69. The van der Waals surface area contributed by atoms with E-state index in [0.29, 0.717) is 0 Å². The molecule has 0 spiro atoms. The number of likely N-dealkylation sites (tertiary alicyclic amines) is 1. The molecule has 2 aliphatic rings. The van der Waals surface area contributed by atoms with Gasteiger partial charge in [0.05, 0.1) is 6.33 Å². The number of hydrogen-bond acceptors (Lipinski definition) is 2. The zero-order chi connectivity index (χ0) is 15.5. The number of rotatable bonds is 5. The number of nitrogens with one attached hydrogen (secondary N) is 1. The summed E-state index contributed by atoms with van der Waals surface area (Å²) in [6.07, 6.45) is 11.8. The maximum absolute atomic E-state index is 4.12. The van der Waals surface area contributed by atoms with Crippen molar-refractivity contribution in [2.24, 2.45) is 11.8 Å². The van der Waals surface area contributed by atoms with Crippen LogP contribution in [0.25, 0.3) is 0 Å². The summed E-state index contributed by atoms with van der Waals surface area (Å²) >= 11 is 0. The van der Waals surface area contributed by atoms with Gasteiger partial charge >= 0.3 is 0 Å². The van der Waals surface area contributed by atoms with Crippen molar-refractivity contribution >= 4 is 0 Å². The van der Waals surface area contributed by atoms with Gasteiger partial charge < -0.3 is 4.98 Å². The Hall–Kier alpha value is -1.61. The summed E-state index contributed by atoms with van der Waals surface area (Å²) in [6, 6.07) is 11.9. The van der Waals surface area contributed by atoms with Crippen LogP contribution in [0.3, 0.4) is 0 Å². The lowest BCUT2D eigenvalue weighted by molar-refractivity contribution is 0.152. The number of imidazole rings is 1. The predicted molar refractivity (Wildman–Crippen MR) is 93.2 cm³/mol. The monoisotopic (exact) mass is 309 g/mol. The molecule has 1 aliphatic heterocycles. The highest BCUT2D eigenvalue weighted by Crippen LogP contribution is 2.40. The number of nitrogens with zero attached hydrogens (tertiary/aromatic N) is 2. The van der Waals surface area contributed by atoms with Crippen molar-refractivity contribution in [3.63, 3.8) is 0 Å². The average Bonchev–Trinajstić information content (AvgIpc) is 3.23. The second-order valence-electron chi connectivity index (χ2n) is 7.35. The first-order valence-electron chi connectivity index (χ1n) is 9.14. The molecule has 0 bridgehead atoms. The van der Waals surface area contributed by atoms with Crippen LogP contribution in [0.4, 0.5) is 0 Å². The van der Waals surface area contributed by atoms with Crippen LogP contribution in [0.5, 0.6) is 0 Å².